The number of hydrogen-bond acceptors (Lipinski definition) is 4. The SMILES string of the molecule is CC1=NN(c2ccc(C)c(C)c2)C(=O)/C1=N/Nc1cccc(Br)c1C. The van der Waals surface area contributed by atoms with Crippen LogP contribution >= 0.6 is 15.9 Å². The summed E-state index contributed by atoms with van der Waals surface area (Å²) in [5.74, 6) is -0.235. The zero-order valence-corrected chi connectivity index (χ0v) is 16.2. The molecule has 0 saturated carbocycles. The second kappa shape index (κ2) is 6.80. The summed E-state index contributed by atoms with van der Waals surface area (Å²) in [6, 6.07) is 11.6. The van der Waals surface area contributed by atoms with Gasteiger partial charge in [-0.1, -0.05) is 28.1 Å². The van der Waals surface area contributed by atoms with Crippen molar-refractivity contribution in [3.8, 4) is 0 Å². The molecule has 0 spiro atoms. The van der Waals surface area contributed by atoms with Gasteiger partial charge in [0.05, 0.1) is 17.1 Å². The average molecular weight is 399 g/mol. The normalized spacial score (nSPS) is 15.7. The molecule has 0 aliphatic carbocycles. The molecule has 0 aromatic heterocycles. The van der Waals surface area contributed by atoms with Crippen LogP contribution in [-0.4, -0.2) is 17.3 Å². The van der Waals surface area contributed by atoms with E-state index in [0.29, 0.717) is 11.4 Å². The molecule has 5 nitrogen and oxygen atoms in total. The predicted molar refractivity (Wildman–Crippen MR) is 106 cm³/mol. The molecule has 0 radical (unpaired) electrons. The van der Waals surface area contributed by atoms with Crippen molar-refractivity contribution in [1.29, 1.82) is 0 Å². The molecule has 3 rings (SSSR count). The number of rotatable bonds is 3. The second-order valence-electron chi connectivity index (χ2n) is 6.06. The van der Waals surface area contributed by atoms with E-state index in [9.17, 15) is 4.79 Å². The largest absolute Gasteiger partial charge is 0.301 e. The molecule has 0 atom stereocenters. The number of nitrogens with one attached hydrogen (secondary N) is 1. The van der Waals surface area contributed by atoms with E-state index >= 15 is 0 Å². The average Bonchev–Trinajstić information content (AvgIpc) is 2.86. The number of amides is 1. The third-order valence-electron chi connectivity index (χ3n) is 4.28. The van der Waals surface area contributed by atoms with Crippen molar-refractivity contribution < 1.29 is 4.79 Å². The van der Waals surface area contributed by atoms with Gasteiger partial charge in [0.15, 0.2) is 5.71 Å². The van der Waals surface area contributed by atoms with Gasteiger partial charge in [0.25, 0.3) is 0 Å². The molecular weight excluding hydrogens is 380 g/mol. The highest BCUT2D eigenvalue weighted by Gasteiger charge is 2.30. The van der Waals surface area contributed by atoms with E-state index in [2.05, 4.69) is 31.6 Å². The minimum absolute atomic E-state index is 0.235. The summed E-state index contributed by atoms with van der Waals surface area (Å²) in [6.45, 7) is 7.82. The van der Waals surface area contributed by atoms with Gasteiger partial charge >= 0.3 is 5.91 Å². The molecule has 1 heterocycles. The van der Waals surface area contributed by atoms with Gasteiger partial charge in [0.1, 0.15) is 0 Å². The van der Waals surface area contributed by atoms with Gasteiger partial charge in [-0.25, -0.2) is 0 Å². The first-order valence-corrected chi connectivity index (χ1v) is 8.74. The highest BCUT2D eigenvalue weighted by atomic mass is 79.9. The third-order valence-corrected chi connectivity index (χ3v) is 5.14. The van der Waals surface area contributed by atoms with E-state index in [4.69, 9.17) is 0 Å². The van der Waals surface area contributed by atoms with Gasteiger partial charge in [-0.05, 0) is 68.7 Å². The van der Waals surface area contributed by atoms with Gasteiger partial charge in [0.2, 0.25) is 0 Å². The molecule has 128 valence electrons. The van der Waals surface area contributed by atoms with Crippen LogP contribution in [0.3, 0.4) is 0 Å². The fourth-order valence-corrected chi connectivity index (χ4v) is 2.87. The van der Waals surface area contributed by atoms with Crippen LogP contribution in [0.15, 0.2) is 51.1 Å². The van der Waals surface area contributed by atoms with Gasteiger partial charge in [-0.2, -0.15) is 15.2 Å². The van der Waals surface area contributed by atoms with E-state index in [1.807, 2.05) is 57.2 Å². The fourth-order valence-electron chi connectivity index (χ4n) is 2.50. The zero-order chi connectivity index (χ0) is 18.1. The maximum absolute atomic E-state index is 12.7. The molecule has 1 N–H and O–H groups in total. The van der Waals surface area contributed by atoms with Crippen LogP contribution in [0.25, 0.3) is 0 Å². The Morgan fingerprint density at radius 3 is 2.56 bits per heavy atom. The Morgan fingerprint density at radius 1 is 1.08 bits per heavy atom. The third kappa shape index (κ3) is 3.35. The van der Waals surface area contributed by atoms with Crippen molar-refractivity contribution in [2.45, 2.75) is 27.7 Å². The van der Waals surface area contributed by atoms with E-state index in [0.717, 1.165) is 27.0 Å². The molecule has 25 heavy (non-hydrogen) atoms. The number of hydrogen-bond donors (Lipinski definition) is 1. The number of aryl methyl sites for hydroxylation is 2. The van der Waals surface area contributed by atoms with Crippen LogP contribution < -0.4 is 10.4 Å². The lowest BCUT2D eigenvalue weighted by molar-refractivity contribution is -0.112. The number of halogens is 1. The summed E-state index contributed by atoms with van der Waals surface area (Å²) >= 11 is 3.49. The Kier molecular flexibility index (Phi) is 4.72. The molecule has 0 unspecified atom stereocenters. The van der Waals surface area contributed by atoms with Gasteiger partial charge in [-0.3, -0.25) is 10.2 Å². The van der Waals surface area contributed by atoms with E-state index in [1.54, 1.807) is 6.92 Å². The van der Waals surface area contributed by atoms with Crippen LogP contribution in [0.1, 0.15) is 23.6 Å². The van der Waals surface area contributed by atoms with Gasteiger partial charge in [-0.15, -0.1) is 0 Å². The zero-order valence-electron chi connectivity index (χ0n) is 14.6. The number of hydrazone groups is 2. The molecule has 6 heteroatoms. The van der Waals surface area contributed by atoms with Crippen molar-refractivity contribution in [3.05, 3.63) is 57.6 Å². The monoisotopic (exact) mass is 398 g/mol. The summed E-state index contributed by atoms with van der Waals surface area (Å²) in [5, 5.41) is 10.1. The lowest BCUT2D eigenvalue weighted by atomic mass is 10.1. The van der Waals surface area contributed by atoms with Crippen molar-refractivity contribution in [1.82, 2.24) is 0 Å². The Hall–Kier alpha value is -2.47. The summed E-state index contributed by atoms with van der Waals surface area (Å²) in [5.41, 5.74) is 8.79. The summed E-state index contributed by atoms with van der Waals surface area (Å²) in [6.07, 6.45) is 0. The maximum atomic E-state index is 12.7. The lowest BCUT2D eigenvalue weighted by Gasteiger charge is -2.13. The molecule has 2 aromatic rings. The van der Waals surface area contributed by atoms with Crippen LogP contribution in [0.4, 0.5) is 11.4 Å². The first-order valence-electron chi connectivity index (χ1n) is 7.94. The van der Waals surface area contributed by atoms with Gasteiger partial charge < -0.3 is 0 Å². The molecule has 2 aromatic carbocycles. The van der Waals surface area contributed by atoms with Crippen LogP contribution in [0.5, 0.6) is 0 Å². The lowest BCUT2D eigenvalue weighted by Crippen LogP contribution is -2.28. The first-order chi connectivity index (χ1) is 11.9. The molecule has 1 aliphatic heterocycles. The fraction of sp³-hybridized carbons (Fsp3) is 0.211. The quantitative estimate of drug-likeness (QED) is 0.769. The predicted octanol–water partition coefficient (Wildman–Crippen LogP) is 4.56. The van der Waals surface area contributed by atoms with Crippen LogP contribution in [-0.2, 0) is 4.79 Å². The second-order valence-corrected chi connectivity index (χ2v) is 6.91. The number of anilines is 2. The minimum Gasteiger partial charge on any atom is -0.277 e. The van der Waals surface area contributed by atoms with Crippen molar-refractivity contribution >= 4 is 44.6 Å². The molecule has 0 saturated heterocycles. The molecule has 1 aliphatic rings. The number of carbonyl (C=O) groups excluding carboxylic acids is 1. The van der Waals surface area contributed by atoms with Gasteiger partial charge in [0, 0.05) is 4.47 Å². The smallest absolute Gasteiger partial charge is 0.277 e. The maximum Gasteiger partial charge on any atom is 0.301 e. The van der Waals surface area contributed by atoms with E-state index < -0.39 is 0 Å². The summed E-state index contributed by atoms with van der Waals surface area (Å²) in [4.78, 5) is 12.7. The highest BCUT2D eigenvalue weighted by Crippen LogP contribution is 2.25. The van der Waals surface area contributed by atoms with Crippen molar-refractivity contribution in [2.75, 3.05) is 10.4 Å². The van der Waals surface area contributed by atoms with Crippen molar-refractivity contribution in [3.63, 3.8) is 0 Å². The topological polar surface area (TPSA) is 57.1 Å². The number of benzene rings is 2. The van der Waals surface area contributed by atoms with Crippen LogP contribution in [0.2, 0.25) is 0 Å². The summed E-state index contributed by atoms with van der Waals surface area (Å²) in [7, 11) is 0. The molecule has 1 amide bonds. The van der Waals surface area contributed by atoms with Crippen LogP contribution in [0, 0.1) is 20.8 Å². The Morgan fingerprint density at radius 2 is 1.84 bits per heavy atom. The minimum atomic E-state index is -0.235. The standard InChI is InChI=1S/C19H19BrN4O/c1-11-8-9-15(10-12(11)2)24-19(25)18(14(4)23-24)22-21-17-7-5-6-16(20)13(17)3/h5-10,21H,1-4H3/b22-18+. The number of carbonyl (C=O) groups is 1. The number of nitrogens with zero attached hydrogens (tertiary/aromatic N) is 3. The highest BCUT2D eigenvalue weighted by molar-refractivity contribution is 9.10. The molecule has 0 bridgehead atoms. The Labute approximate surface area is 155 Å². The Balaban J connectivity index is 1.87. The van der Waals surface area contributed by atoms with E-state index in [1.165, 1.54) is 10.6 Å². The first kappa shape index (κ1) is 17.4. The summed E-state index contributed by atoms with van der Waals surface area (Å²) < 4.78 is 0.984. The van der Waals surface area contributed by atoms with Crippen molar-refractivity contribution in [2.24, 2.45) is 10.2 Å². The Bertz CT molecular complexity index is 918. The van der Waals surface area contributed by atoms with E-state index in [-0.39, 0.29) is 5.91 Å². The molecule has 0 fully saturated rings. The molecular formula is C19H19BrN4O.